The molecule has 23 heavy (non-hydrogen) atoms. The smallest absolute Gasteiger partial charge is 0.336 e. The van der Waals surface area contributed by atoms with Gasteiger partial charge in [0.2, 0.25) is 0 Å². The monoisotopic (exact) mass is 310 g/mol. The van der Waals surface area contributed by atoms with Gasteiger partial charge in [0.25, 0.3) is 0 Å². The van der Waals surface area contributed by atoms with E-state index in [2.05, 4.69) is 0 Å². The summed E-state index contributed by atoms with van der Waals surface area (Å²) in [6.45, 7) is 2.23. The van der Waals surface area contributed by atoms with Crippen LogP contribution >= 0.6 is 0 Å². The zero-order valence-electron chi connectivity index (χ0n) is 12.9. The largest absolute Gasteiger partial charge is 0.463 e. The predicted octanol–water partition coefficient (Wildman–Crippen LogP) is 3.77. The Labute approximate surface area is 135 Å². The van der Waals surface area contributed by atoms with Crippen LogP contribution in [-0.2, 0) is 14.3 Å². The van der Waals surface area contributed by atoms with Crippen molar-refractivity contribution in [1.29, 1.82) is 0 Å². The Kier molecular flexibility index (Phi) is 6.12. The number of hydrogen-bond acceptors (Lipinski definition) is 4. The maximum absolute atomic E-state index is 11.6. The van der Waals surface area contributed by atoms with Crippen LogP contribution in [0.2, 0.25) is 0 Å². The lowest BCUT2D eigenvalue weighted by molar-refractivity contribution is -0.138. The fourth-order valence-electron chi connectivity index (χ4n) is 1.88. The third-order valence-electron chi connectivity index (χ3n) is 2.98. The van der Waals surface area contributed by atoms with Gasteiger partial charge >= 0.3 is 11.9 Å². The first-order valence-corrected chi connectivity index (χ1v) is 7.41. The predicted molar refractivity (Wildman–Crippen MR) is 87.9 cm³/mol. The Hall–Kier alpha value is -2.88. The van der Waals surface area contributed by atoms with Crippen molar-refractivity contribution in [3.63, 3.8) is 0 Å². The molecule has 0 aliphatic carbocycles. The Morgan fingerprint density at radius 2 is 1.48 bits per heavy atom. The summed E-state index contributed by atoms with van der Waals surface area (Å²) in [5, 5.41) is 0. The lowest BCUT2D eigenvalue weighted by Gasteiger charge is -2.04. The van der Waals surface area contributed by atoms with Crippen LogP contribution in [0.1, 0.15) is 13.3 Å². The molecule has 0 fully saturated rings. The number of carbonyl (C=O) groups is 2. The van der Waals surface area contributed by atoms with Crippen LogP contribution in [0.25, 0.3) is 11.1 Å². The summed E-state index contributed by atoms with van der Waals surface area (Å²) in [7, 11) is 0. The summed E-state index contributed by atoms with van der Waals surface area (Å²) in [5.41, 5.74) is 2.12. The Morgan fingerprint density at radius 3 is 2.13 bits per heavy atom. The van der Waals surface area contributed by atoms with Gasteiger partial charge in [-0.2, -0.15) is 0 Å². The van der Waals surface area contributed by atoms with E-state index in [4.69, 9.17) is 9.47 Å². The number of benzene rings is 2. The van der Waals surface area contributed by atoms with Crippen LogP contribution in [-0.4, -0.2) is 18.5 Å². The highest BCUT2D eigenvalue weighted by atomic mass is 16.5. The highest BCUT2D eigenvalue weighted by molar-refractivity contribution is 5.92. The normalized spacial score (nSPS) is 10.5. The number of ether oxygens (including phenoxy) is 2. The van der Waals surface area contributed by atoms with Crippen LogP contribution in [0.3, 0.4) is 0 Å². The maximum atomic E-state index is 11.6. The molecule has 2 aromatic rings. The summed E-state index contributed by atoms with van der Waals surface area (Å²) in [5.74, 6) is -0.754. The van der Waals surface area contributed by atoms with Crippen molar-refractivity contribution >= 4 is 11.9 Å². The van der Waals surface area contributed by atoms with Crippen molar-refractivity contribution in [1.82, 2.24) is 0 Å². The topological polar surface area (TPSA) is 52.6 Å². The highest BCUT2D eigenvalue weighted by Crippen LogP contribution is 2.22. The molecule has 0 saturated heterocycles. The molecule has 4 nitrogen and oxygen atoms in total. The molecule has 0 atom stereocenters. The van der Waals surface area contributed by atoms with Crippen molar-refractivity contribution in [2.45, 2.75) is 13.3 Å². The molecular weight excluding hydrogens is 292 g/mol. The van der Waals surface area contributed by atoms with Gasteiger partial charge in [-0.25, -0.2) is 9.59 Å². The van der Waals surface area contributed by atoms with E-state index in [1.165, 1.54) is 0 Å². The zero-order valence-corrected chi connectivity index (χ0v) is 12.9. The Morgan fingerprint density at radius 1 is 0.870 bits per heavy atom. The van der Waals surface area contributed by atoms with E-state index < -0.39 is 11.9 Å². The summed E-state index contributed by atoms with van der Waals surface area (Å²) in [6, 6.07) is 17.1. The Balaban J connectivity index is 1.92. The minimum absolute atomic E-state index is 0.333. The van der Waals surface area contributed by atoms with Gasteiger partial charge in [0.05, 0.1) is 6.61 Å². The van der Waals surface area contributed by atoms with E-state index in [1.54, 1.807) is 12.1 Å². The molecule has 118 valence electrons. The molecule has 0 unspecified atom stereocenters. The third-order valence-corrected chi connectivity index (χ3v) is 2.98. The molecule has 0 heterocycles. The first kappa shape index (κ1) is 16.5. The molecule has 2 rings (SSSR count). The molecule has 0 spiro atoms. The van der Waals surface area contributed by atoms with Gasteiger partial charge in [-0.3, -0.25) is 0 Å². The van der Waals surface area contributed by atoms with Gasteiger partial charge in [0.1, 0.15) is 5.75 Å². The van der Waals surface area contributed by atoms with Crippen LogP contribution in [0, 0.1) is 0 Å². The molecule has 0 aromatic heterocycles. The minimum atomic E-state index is -0.620. The molecule has 0 aliphatic heterocycles. The summed E-state index contributed by atoms with van der Waals surface area (Å²) < 4.78 is 9.95. The Bertz CT molecular complexity index is 672. The van der Waals surface area contributed by atoms with Gasteiger partial charge in [0.15, 0.2) is 0 Å². The molecular formula is C19H18O4. The fourth-order valence-corrected chi connectivity index (χ4v) is 1.88. The van der Waals surface area contributed by atoms with Crippen molar-refractivity contribution in [3.05, 3.63) is 66.7 Å². The molecule has 4 heteroatoms. The molecule has 2 aromatic carbocycles. The SMILES string of the molecule is CCCOC(=O)/C=C/C(=O)Oc1ccc(-c2ccccc2)cc1. The van der Waals surface area contributed by atoms with E-state index in [9.17, 15) is 9.59 Å². The second kappa shape index (κ2) is 8.54. The number of rotatable bonds is 6. The fraction of sp³-hybridized carbons (Fsp3) is 0.158. The van der Waals surface area contributed by atoms with Crippen molar-refractivity contribution in [3.8, 4) is 16.9 Å². The van der Waals surface area contributed by atoms with Gasteiger partial charge < -0.3 is 9.47 Å². The molecule has 0 saturated carbocycles. The molecule has 0 N–H and O–H groups in total. The number of esters is 2. The zero-order chi connectivity index (χ0) is 16.5. The third kappa shape index (κ3) is 5.43. The van der Waals surface area contributed by atoms with E-state index in [-0.39, 0.29) is 0 Å². The molecule has 0 aliphatic rings. The van der Waals surface area contributed by atoms with Gasteiger partial charge in [-0.15, -0.1) is 0 Å². The van der Waals surface area contributed by atoms with Gasteiger partial charge in [-0.05, 0) is 29.7 Å². The summed E-state index contributed by atoms with van der Waals surface area (Å²) in [4.78, 5) is 22.9. The second-order valence-corrected chi connectivity index (χ2v) is 4.81. The quantitative estimate of drug-likeness (QED) is 0.463. The minimum Gasteiger partial charge on any atom is -0.463 e. The van der Waals surface area contributed by atoms with E-state index >= 15 is 0 Å². The maximum Gasteiger partial charge on any atom is 0.336 e. The molecule has 0 bridgehead atoms. The first-order chi connectivity index (χ1) is 11.2. The van der Waals surface area contributed by atoms with Gasteiger partial charge in [0, 0.05) is 12.2 Å². The van der Waals surface area contributed by atoms with Crippen molar-refractivity contribution in [2.24, 2.45) is 0 Å². The van der Waals surface area contributed by atoms with Crippen molar-refractivity contribution < 1.29 is 19.1 Å². The average Bonchev–Trinajstić information content (AvgIpc) is 2.59. The second-order valence-electron chi connectivity index (χ2n) is 4.81. The summed E-state index contributed by atoms with van der Waals surface area (Å²) in [6.07, 6.45) is 2.86. The lowest BCUT2D eigenvalue weighted by Crippen LogP contribution is -2.06. The van der Waals surface area contributed by atoms with Crippen molar-refractivity contribution in [2.75, 3.05) is 6.61 Å². The van der Waals surface area contributed by atoms with E-state index in [0.29, 0.717) is 12.4 Å². The van der Waals surface area contributed by atoms with Crippen LogP contribution in [0.5, 0.6) is 5.75 Å². The molecule has 0 radical (unpaired) electrons. The first-order valence-electron chi connectivity index (χ1n) is 7.41. The number of hydrogen-bond donors (Lipinski definition) is 0. The van der Waals surface area contributed by atoms with E-state index in [0.717, 1.165) is 29.7 Å². The van der Waals surface area contributed by atoms with Crippen LogP contribution < -0.4 is 4.74 Å². The lowest BCUT2D eigenvalue weighted by atomic mass is 10.1. The van der Waals surface area contributed by atoms with Crippen LogP contribution in [0.4, 0.5) is 0 Å². The average molecular weight is 310 g/mol. The van der Waals surface area contributed by atoms with E-state index in [1.807, 2.05) is 49.4 Å². The van der Waals surface area contributed by atoms with Crippen LogP contribution in [0.15, 0.2) is 66.7 Å². The molecule has 0 amide bonds. The summed E-state index contributed by atoms with van der Waals surface area (Å²) >= 11 is 0. The number of carbonyl (C=O) groups excluding carboxylic acids is 2. The van der Waals surface area contributed by atoms with Gasteiger partial charge in [-0.1, -0.05) is 49.4 Å². The standard InChI is InChI=1S/C19H18O4/c1-2-14-22-18(20)12-13-19(21)23-17-10-8-16(9-11-17)15-6-4-3-5-7-15/h3-13H,2,14H2,1H3/b13-12+. The highest BCUT2D eigenvalue weighted by Gasteiger charge is 2.03.